The number of hydrogen-bond acceptors (Lipinski definition) is 6. The monoisotopic (exact) mass is 462 g/mol. The first-order valence-electron chi connectivity index (χ1n) is 11.0. The molecule has 0 aliphatic carbocycles. The summed E-state index contributed by atoms with van der Waals surface area (Å²) in [6, 6.07) is 13.1. The molecule has 9 nitrogen and oxygen atoms in total. The predicted octanol–water partition coefficient (Wildman–Crippen LogP) is 2.73. The van der Waals surface area contributed by atoms with Crippen molar-refractivity contribution >= 4 is 17.1 Å². The molecule has 2 aromatic carbocycles. The highest BCUT2D eigenvalue weighted by atomic mass is 19.1. The number of nitrogens with zero attached hydrogens (tertiary/aromatic N) is 5. The van der Waals surface area contributed by atoms with Crippen LogP contribution in [0.5, 0.6) is 5.75 Å². The fourth-order valence-electron chi connectivity index (χ4n) is 4.22. The molecule has 174 valence electrons. The Morgan fingerprint density at radius 3 is 2.50 bits per heavy atom. The van der Waals surface area contributed by atoms with E-state index in [1.165, 1.54) is 12.1 Å². The number of aromatic nitrogens is 5. The van der Waals surface area contributed by atoms with E-state index in [4.69, 9.17) is 4.74 Å². The largest absolute Gasteiger partial charge is 0.497 e. The van der Waals surface area contributed by atoms with Crippen LogP contribution in [0.1, 0.15) is 40.5 Å². The van der Waals surface area contributed by atoms with Gasteiger partial charge in [-0.2, -0.15) is 0 Å². The van der Waals surface area contributed by atoms with Gasteiger partial charge in [-0.1, -0.05) is 17.3 Å². The summed E-state index contributed by atoms with van der Waals surface area (Å²) in [4.78, 5) is 34.8. The summed E-state index contributed by atoms with van der Waals surface area (Å²) in [7, 11) is 1.59. The van der Waals surface area contributed by atoms with Gasteiger partial charge in [0.15, 0.2) is 11.2 Å². The molecule has 0 radical (unpaired) electrons. The zero-order valence-electron chi connectivity index (χ0n) is 18.6. The first kappa shape index (κ1) is 21.7. The SMILES string of the molecule is COc1ccc(C(=O)N2CCC(c3nc4c(nnn4Cc4ccc(F)cc4)c(=O)[nH]3)CC2)cc1. The van der Waals surface area contributed by atoms with Gasteiger partial charge in [0.25, 0.3) is 11.5 Å². The maximum atomic E-state index is 13.2. The summed E-state index contributed by atoms with van der Waals surface area (Å²) in [5.41, 5.74) is 1.64. The number of hydrogen-bond donors (Lipinski definition) is 1. The van der Waals surface area contributed by atoms with Crippen molar-refractivity contribution in [3.63, 3.8) is 0 Å². The maximum absolute atomic E-state index is 13.2. The number of rotatable bonds is 5. The molecule has 0 spiro atoms. The number of ether oxygens (including phenoxy) is 1. The van der Waals surface area contributed by atoms with Crippen LogP contribution < -0.4 is 10.3 Å². The van der Waals surface area contributed by atoms with Crippen molar-refractivity contribution < 1.29 is 13.9 Å². The Kier molecular flexibility index (Phi) is 5.79. The number of amides is 1. The van der Waals surface area contributed by atoms with E-state index in [1.807, 2.05) is 4.90 Å². The van der Waals surface area contributed by atoms with E-state index in [0.717, 1.165) is 5.56 Å². The minimum absolute atomic E-state index is 0.00573. The molecule has 1 aliphatic rings. The van der Waals surface area contributed by atoms with Gasteiger partial charge in [0.1, 0.15) is 17.4 Å². The first-order chi connectivity index (χ1) is 16.5. The molecular formula is C24H23FN6O3. The molecule has 0 unspecified atom stereocenters. The van der Waals surface area contributed by atoms with Gasteiger partial charge in [0.05, 0.1) is 13.7 Å². The van der Waals surface area contributed by atoms with Gasteiger partial charge in [0.2, 0.25) is 0 Å². The number of carbonyl (C=O) groups is 1. The Hall–Kier alpha value is -4.08. The van der Waals surface area contributed by atoms with Crippen molar-refractivity contribution in [3.8, 4) is 5.75 Å². The lowest BCUT2D eigenvalue weighted by Gasteiger charge is -2.31. The van der Waals surface area contributed by atoms with Crippen LogP contribution >= 0.6 is 0 Å². The quantitative estimate of drug-likeness (QED) is 0.489. The molecule has 5 rings (SSSR count). The van der Waals surface area contributed by atoms with Crippen molar-refractivity contribution in [1.29, 1.82) is 0 Å². The van der Waals surface area contributed by atoms with E-state index in [2.05, 4.69) is 20.3 Å². The summed E-state index contributed by atoms with van der Waals surface area (Å²) in [6.07, 6.45) is 1.35. The van der Waals surface area contributed by atoms with Gasteiger partial charge in [0, 0.05) is 24.6 Å². The second-order valence-electron chi connectivity index (χ2n) is 8.29. The molecular weight excluding hydrogens is 439 g/mol. The zero-order valence-corrected chi connectivity index (χ0v) is 18.6. The summed E-state index contributed by atoms with van der Waals surface area (Å²) in [5.74, 6) is 0.928. The van der Waals surface area contributed by atoms with Crippen LogP contribution in [0.15, 0.2) is 53.3 Å². The van der Waals surface area contributed by atoms with Crippen LogP contribution in [-0.2, 0) is 6.54 Å². The third-order valence-electron chi connectivity index (χ3n) is 6.14. The lowest BCUT2D eigenvalue weighted by molar-refractivity contribution is 0.0711. The highest BCUT2D eigenvalue weighted by Gasteiger charge is 2.27. The lowest BCUT2D eigenvalue weighted by atomic mass is 9.95. The Morgan fingerprint density at radius 2 is 1.82 bits per heavy atom. The summed E-state index contributed by atoms with van der Waals surface area (Å²) in [6.45, 7) is 1.44. The Morgan fingerprint density at radius 1 is 1.12 bits per heavy atom. The third kappa shape index (κ3) is 4.26. The number of benzene rings is 2. The zero-order chi connectivity index (χ0) is 23.7. The Balaban J connectivity index is 1.32. The molecule has 4 aromatic rings. The molecule has 3 heterocycles. The number of halogens is 1. The van der Waals surface area contributed by atoms with Gasteiger partial charge in [-0.25, -0.2) is 14.1 Å². The van der Waals surface area contributed by atoms with Gasteiger partial charge in [-0.15, -0.1) is 5.10 Å². The maximum Gasteiger partial charge on any atom is 0.281 e. The van der Waals surface area contributed by atoms with Crippen molar-refractivity contribution in [2.75, 3.05) is 20.2 Å². The van der Waals surface area contributed by atoms with E-state index in [0.29, 0.717) is 55.3 Å². The van der Waals surface area contributed by atoms with Crippen molar-refractivity contribution in [1.82, 2.24) is 29.9 Å². The number of piperidine rings is 1. The topological polar surface area (TPSA) is 106 Å². The van der Waals surface area contributed by atoms with Crippen LogP contribution in [0, 0.1) is 5.82 Å². The number of likely N-dealkylation sites (tertiary alicyclic amines) is 1. The number of aromatic amines is 1. The van der Waals surface area contributed by atoms with E-state index in [1.54, 1.807) is 48.2 Å². The Bertz CT molecular complexity index is 1370. The van der Waals surface area contributed by atoms with Crippen molar-refractivity contribution in [3.05, 3.63) is 81.7 Å². The second-order valence-corrected chi connectivity index (χ2v) is 8.29. The summed E-state index contributed by atoms with van der Waals surface area (Å²) < 4.78 is 19.9. The van der Waals surface area contributed by atoms with Crippen LogP contribution in [0.25, 0.3) is 11.2 Å². The van der Waals surface area contributed by atoms with Gasteiger partial charge < -0.3 is 14.6 Å². The van der Waals surface area contributed by atoms with Gasteiger partial charge >= 0.3 is 0 Å². The van der Waals surface area contributed by atoms with Gasteiger partial charge in [-0.3, -0.25) is 9.59 Å². The fourth-order valence-corrected chi connectivity index (χ4v) is 4.22. The second kappa shape index (κ2) is 9.05. The van der Waals surface area contributed by atoms with Crippen LogP contribution in [-0.4, -0.2) is 56.0 Å². The lowest BCUT2D eigenvalue weighted by Crippen LogP contribution is -2.38. The highest BCUT2D eigenvalue weighted by Crippen LogP contribution is 2.27. The molecule has 0 atom stereocenters. The fraction of sp³-hybridized carbons (Fsp3) is 0.292. The van der Waals surface area contributed by atoms with E-state index in [9.17, 15) is 14.0 Å². The number of fused-ring (bicyclic) bond motifs is 1. The third-order valence-corrected chi connectivity index (χ3v) is 6.14. The molecule has 0 bridgehead atoms. The molecule has 0 saturated carbocycles. The molecule has 1 N–H and O–H groups in total. The summed E-state index contributed by atoms with van der Waals surface area (Å²) in [5, 5.41) is 8.04. The number of nitrogens with one attached hydrogen (secondary N) is 1. The smallest absolute Gasteiger partial charge is 0.281 e. The number of methoxy groups -OCH3 is 1. The molecule has 1 aliphatic heterocycles. The first-order valence-corrected chi connectivity index (χ1v) is 11.0. The normalized spacial score (nSPS) is 14.5. The summed E-state index contributed by atoms with van der Waals surface area (Å²) >= 11 is 0. The number of carbonyl (C=O) groups excluding carboxylic acids is 1. The average molecular weight is 462 g/mol. The molecule has 10 heteroatoms. The standard InChI is InChI=1S/C24H23FN6O3/c1-34-19-8-4-17(5-9-19)24(33)30-12-10-16(11-13-30)21-26-22-20(23(32)27-21)28-29-31(22)14-15-2-6-18(25)7-3-15/h2-9,16H,10-14H2,1H3,(H,26,27,32). The Labute approximate surface area is 194 Å². The molecule has 2 aromatic heterocycles. The van der Waals surface area contributed by atoms with Crippen LogP contribution in [0.2, 0.25) is 0 Å². The van der Waals surface area contributed by atoms with Crippen molar-refractivity contribution in [2.24, 2.45) is 0 Å². The molecule has 1 saturated heterocycles. The van der Waals surface area contributed by atoms with Gasteiger partial charge in [-0.05, 0) is 54.8 Å². The predicted molar refractivity (Wildman–Crippen MR) is 122 cm³/mol. The van der Waals surface area contributed by atoms with Crippen LogP contribution in [0.3, 0.4) is 0 Å². The van der Waals surface area contributed by atoms with E-state index < -0.39 is 0 Å². The average Bonchev–Trinajstić information content (AvgIpc) is 3.28. The molecule has 1 fully saturated rings. The minimum Gasteiger partial charge on any atom is -0.497 e. The number of H-pyrrole nitrogens is 1. The van der Waals surface area contributed by atoms with Crippen LogP contribution in [0.4, 0.5) is 4.39 Å². The molecule has 1 amide bonds. The minimum atomic E-state index is -0.345. The van der Waals surface area contributed by atoms with E-state index in [-0.39, 0.29) is 28.7 Å². The molecule has 34 heavy (non-hydrogen) atoms. The highest BCUT2D eigenvalue weighted by molar-refractivity contribution is 5.94. The van der Waals surface area contributed by atoms with Crippen molar-refractivity contribution in [2.45, 2.75) is 25.3 Å². The van der Waals surface area contributed by atoms with E-state index >= 15 is 0 Å².